The molecule has 0 unspecified atom stereocenters. The topological polar surface area (TPSA) is 61.4 Å². The maximum Gasteiger partial charge on any atom is 0.256 e. The van der Waals surface area contributed by atoms with Crippen LogP contribution in [0.5, 0.6) is 0 Å². The fraction of sp³-hybridized carbons (Fsp3) is 0.368. The number of nitrogens with zero attached hydrogens (tertiary/aromatic N) is 1. The van der Waals surface area contributed by atoms with Gasteiger partial charge in [0.15, 0.2) is 0 Å². The Bertz CT molecular complexity index is 729. The third kappa shape index (κ3) is 5.56. The van der Waals surface area contributed by atoms with Crippen LogP contribution >= 0.6 is 23.7 Å². The van der Waals surface area contributed by atoms with E-state index in [0.717, 1.165) is 6.54 Å². The molecule has 2 N–H and O–H groups in total. The molecular formula is C19H26ClN3O2S. The number of hydrogen-bond donors (Lipinski definition) is 2. The van der Waals surface area contributed by atoms with Crippen LogP contribution < -0.4 is 10.6 Å². The average molecular weight is 396 g/mol. The number of carbonyl (C=O) groups is 2. The Kier molecular flexibility index (Phi) is 8.78. The highest BCUT2D eigenvalue weighted by molar-refractivity contribution is 7.14. The van der Waals surface area contributed by atoms with Crippen molar-refractivity contribution in [3.8, 4) is 0 Å². The van der Waals surface area contributed by atoms with Crippen LogP contribution in [0.4, 0.5) is 5.00 Å². The molecule has 0 aliphatic rings. The van der Waals surface area contributed by atoms with Crippen molar-refractivity contribution in [2.24, 2.45) is 0 Å². The summed E-state index contributed by atoms with van der Waals surface area (Å²) < 4.78 is 0. The first-order valence-electron chi connectivity index (χ1n) is 8.33. The number of rotatable bonds is 7. The second-order valence-corrected chi connectivity index (χ2v) is 7.14. The van der Waals surface area contributed by atoms with E-state index in [4.69, 9.17) is 0 Å². The summed E-state index contributed by atoms with van der Waals surface area (Å²) in [6.45, 7) is 5.55. The summed E-state index contributed by atoms with van der Waals surface area (Å²) >= 11 is 1.36. The number of hydrogen-bond acceptors (Lipinski definition) is 4. The maximum atomic E-state index is 12.5. The monoisotopic (exact) mass is 395 g/mol. The molecule has 2 aromatic rings. The molecule has 0 aliphatic carbocycles. The SMILES string of the molecule is CNCCN(C)C(=O)c1ccsc1NC(=O)c1ccc(C(C)C)cc1.Cl. The summed E-state index contributed by atoms with van der Waals surface area (Å²) in [5.74, 6) is 0.124. The van der Waals surface area contributed by atoms with Gasteiger partial charge in [0.2, 0.25) is 0 Å². The largest absolute Gasteiger partial charge is 0.340 e. The van der Waals surface area contributed by atoms with Crippen molar-refractivity contribution in [1.29, 1.82) is 0 Å². The zero-order valence-corrected chi connectivity index (χ0v) is 17.2. The van der Waals surface area contributed by atoms with Crippen molar-refractivity contribution in [1.82, 2.24) is 10.2 Å². The van der Waals surface area contributed by atoms with E-state index in [2.05, 4.69) is 24.5 Å². The van der Waals surface area contributed by atoms with Gasteiger partial charge >= 0.3 is 0 Å². The van der Waals surface area contributed by atoms with Gasteiger partial charge in [0.05, 0.1) is 5.56 Å². The van der Waals surface area contributed by atoms with Crippen LogP contribution in [0.1, 0.15) is 46.0 Å². The number of amides is 2. The highest BCUT2D eigenvalue weighted by atomic mass is 35.5. The van der Waals surface area contributed by atoms with Gasteiger partial charge in [-0.1, -0.05) is 26.0 Å². The van der Waals surface area contributed by atoms with E-state index in [0.29, 0.717) is 28.6 Å². The van der Waals surface area contributed by atoms with Gasteiger partial charge in [0, 0.05) is 25.7 Å². The van der Waals surface area contributed by atoms with Gasteiger partial charge in [0.1, 0.15) is 5.00 Å². The lowest BCUT2D eigenvalue weighted by molar-refractivity contribution is 0.0798. The van der Waals surface area contributed by atoms with Gasteiger partial charge in [-0.15, -0.1) is 23.7 Å². The normalized spacial score (nSPS) is 10.3. The Balaban J connectivity index is 0.00000338. The van der Waals surface area contributed by atoms with Crippen LogP contribution in [0.3, 0.4) is 0 Å². The molecule has 0 aliphatic heterocycles. The Morgan fingerprint density at radius 2 is 1.81 bits per heavy atom. The summed E-state index contributed by atoms with van der Waals surface area (Å²) in [6.07, 6.45) is 0. The van der Waals surface area contributed by atoms with Gasteiger partial charge < -0.3 is 15.5 Å². The lowest BCUT2D eigenvalue weighted by Crippen LogP contribution is -2.33. The molecule has 0 radical (unpaired) electrons. The van der Waals surface area contributed by atoms with Crippen molar-refractivity contribution in [3.05, 3.63) is 52.4 Å². The molecular weight excluding hydrogens is 370 g/mol. The van der Waals surface area contributed by atoms with E-state index in [9.17, 15) is 9.59 Å². The summed E-state index contributed by atoms with van der Waals surface area (Å²) in [5, 5.41) is 8.28. The maximum absolute atomic E-state index is 12.5. The predicted molar refractivity (Wildman–Crippen MR) is 111 cm³/mol. The summed E-state index contributed by atoms with van der Waals surface area (Å²) in [5.41, 5.74) is 2.30. The van der Waals surface area contributed by atoms with E-state index < -0.39 is 0 Å². The van der Waals surface area contributed by atoms with Crippen molar-refractivity contribution >= 4 is 40.6 Å². The van der Waals surface area contributed by atoms with Crippen LogP contribution in [0.2, 0.25) is 0 Å². The molecule has 0 saturated carbocycles. The van der Waals surface area contributed by atoms with Crippen LogP contribution in [0.15, 0.2) is 35.7 Å². The first kappa shape index (κ1) is 22.2. The Morgan fingerprint density at radius 1 is 1.15 bits per heavy atom. The lowest BCUT2D eigenvalue weighted by Gasteiger charge is -2.17. The summed E-state index contributed by atoms with van der Waals surface area (Å²) in [7, 11) is 3.60. The molecule has 2 amide bonds. The molecule has 7 heteroatoms. The molecule has 1 aromatic heterocycles. The van der Waals surface area contributed by atoms with E-state index in [1.807, 2.05) is 36.7 Å². The van der Waals surface area contributed by atoms with Gasteiger partial charge in [0.25, 0.3) is 11.8 Å². The van der Waals surface area contributed by atoms with Gasteiger partial charge in [-0.25, -0.2) is 0 Å². The lowest BCUT2D eigenvalue weighted by atomic mass is 10.0. The fourth-order valence-electron chi connectivity index (χ4n) is 2.36. The number of carbonyl (C=O) groups excluding carboxylic acids is 2. The summed E-state index contributed by atoms with van der Waals surface area (Å²) in [6, 6.07) is 9.31. The van der Waals surface area contributed by atoms with Crippen LogP contribution in [-0.2, 0) is 0 Å². The molecule has 0 bridgehead atoms. The van der Waals surface area contributed by atoms with Crippen LogP contribution in [0, 0.1) is 0 Å². The number of nitrogens with one attached hydrogen (secondary N) is 2. The van der Waals surface area contributed by atoms with Crippen molar-refractivity contribution in [3.63, 3.8) is 0 Å². The van der Waals surface area contributed by atoms with Gasteiger partial charge in [-0.05, 0) is 42.1 Å². The molecule has 1 heterocycles. The quantitative estimate of drug-likeness (QED) is 0.748. The number of halogens is 1. The van der Waals surface area contributed by atoms with E-state index in [-0.39, 0.29) is 24.2 Å². The first-order valence-corrected chi connectivity index (χ1v) is 9.21. The minimum absolute atomic E-state index is 0. The third-order valence-corrected chi connectivity index (χ3v) is 4.84. The Labute approximate surface area is 165 Å². The summed E-state index contributed by atoms with van der Waals surface area (Å²) in [4.78, 5) is 26.6. The molecule has 142 valence electrons. The molecule has 1 aromatic carbocycles. The van der Waals surface area contributed by atoms with Crippen molar-refractivity contribution < 1.29 is 9.59 Å². The Hall–Kier alpha value is -1.89. The van der Waals surface area contributed by atoms with Crippen molar-refractivity contribution in [2.45, 2.75) is 19.8 Å². The molecule has 0 saturated heterocycles. The van der Waals surface area contributed by atoms with Crippen LogP contribution in [0.25, 0.3) is 0 Å². The average Bonchev–Trinajstić information content (AvgIpc) is 3.06. The van der Waals surface area contributed by atoms with E-state index >= 15 is 0 Å². The van der Waals surface area contributed by atoms with Crippen LogP contribution in [-0.4, -0.2) is 43.9 Å². The number of thiophene rings is 1. The second-order valence-electron chi connectivity index (χ2n) is 6.22. The standard InChI is InChI=1S/C19H25N3O2S.ClH/c1-13(2)14-5-7-15(8-6-14)17(23)21-18-16(9-12-25-18)19(24)22(4)11-10-20-3;/h5-9,12-13,20H,10-11H2,1-4H3,(H,21,23);1H. The second kappa shape index (κ2) is 10.3. The smallest absolute Gasteiger partial charge is 0.256 e. The van der Waals surface area contributed by atoms with Crippen molar-refractivity contribution in [2.75, 3.05) is 32.5 Å². The number of benzene rings is 1. The molecule has 5 nitrogen and oxygen atoms in total. The van der Waals surface area contributed by atoms with Gasteiger partial charge in [-0.3, -0.25) is 9.59 Å². The highest BCUT2D eigenvalue weighted by Crippen LogP contribution is 2.25. The zero-order chi connectivity index (χ0) is 18.4. The fourth-order valence-corrected chi connectivity index (χ4v) is 3.13. The number of anilines is 1. The van der Waals surface area contributed by atoms with E-state index in [1.54, 1.807) is 18.0 Å². The minimum atomic E-state index is -0.204. The zero-order valence-electron chi connectivity index (χ0n) is 15.5. The molecule has 0 fully saturated rings. The molecule has 2 rings (SSSR count). The number of likely N-dealkylation sites (N-methyl/N-ethyl adjacent to an activating group) is 2. The minimum Gasteiger partial charge on any atom is -0.340 e. The Morgan fingerprint density at radius 3 is 2.38 bits per heavy atom. The molecule has 0 atom stereocenters. The molecule has 26 heavy (non-hydrogen) atoms. The predicted octanol–water partition coefficient (Wildman–Crippen LogP) is 3.84. The highest BCUT2D eigenvalue weighted by Gasteiger charge is 2.18. The molecule has 0 spiro atoms. The van der Waals surface area contributed by atoms with E-state index in [1.165, 1.54) is 16.9 Å². The first-order chi connectivity index (χ1) is 11.9. The third-order valence-electron chi connectivity index (χ3n) is 4.01. The van der Waals surface area contributed by atoms with Gasteiger partial charge in [-0.2, -0.15) is 0 Å².